The number of imide groups is 1. The van der Waals surface area contributed by atoms with Gasteiger partial charge in [0.05, 0.1) is 14.2 Å². The van der Waals surface area contributed by atoms with Crippen LogP contribution in [0.4, 0.5) is 4.79 Å². The summed E-state index contributed by atoms with van der Waals surface area (Å²) >= 11 is 0. The van der Waals surface area contributed by atoms with E-state index in [4.69, 9.17) is 14.5 Å². The zero-order chi connectivity index (χ0) is 21.8. The van der Waals surface area contributed by atoms with Gasteiger partial charge >= 0.3 is 6.03 Å². The van der Waals surface area contributed by atoms with E-state index >= 15 is 0 Å². The Bertz CT molecular complexity index is 867. The summed E-state index contributed by atoms with van der Waals surface area (Å²) in [6.45, 7) is 4.97. The van der Waals surface area contributed by atoms with Gasteiger partial charge in [-0.1, -0.05) is 26.0 Å². The molecule has 0 aromatic heterocycles. The van der Waals surface area contributed by atoms with Crippen molar-refractivity contribution in [2.24, 2.45) is 4.99 Å². The van der Waals surface area contributed by atoms with Crippen LogP contribution < -0.4 is 9.47 Å². The lowest BCUT2D eigenvalue weighted by molar-refractivity contribution is -0.137. The van der Waals surface area contributed by atoms with Crippen molar-refractivity contribution in [1.82, 2.24) is 14.7 Å². The maximum Gasteiger partial charge on any atom is 0.328 e. The maximum atomic E-state index is 13.1. The Kier molecular flexibility index (Phi) is 6.64. The highest BCUT2D eigenvalue weighted by Crippen LogP contribution is 2.30. The molecule has 3 amide bonds. The Balaban J connectivity index is 1.88. The molecule has 1 fully saturated rings. The molecule has 1 aromatic rings. The number of ether oxygens (including phenoxy) is 2. The summed E-state index contributed by atoms with van der Waals surface area (Å²) in [6, 6.07) is 4.89. The molecule has 2 aliphatic heterocycles. The van der Waals surface area contributed by atoms with E-state index < -0.39 is 12.2 Å². The Morgan fingerprint density at radius 1 is 1.03 bits per heavy atom. The lowest BCUT2D eigenvalue weighted by Gasteiger charge is -2.42. The molecular formula is C22H30N4O4. The van der Waals surface area contributed by atoms with Gasteiger partial charge in [0.25, 0.3) is 5.91 Å². The number of aliphatic imine (C=N–C) groups is 1. The molecule has 8 nitrogen and oxygen atoms in total. The molecule has 2 unspecified atom stereocenters. The van der Waals surface area contributed by atoms with Crippen molar-refractivity contribution >= 4 is 23.8 Å². The Morgan fingerprint density at radius 2 is 1.73 bits per heavy atom. The molecule has 1 aromatic carbocycles. The van der Waals surface area contributed by atoms with Gasteiger partial charge in [-0.15, -0.1) is 0 Å². The highest BCUT2D eigenvalue weighted by molar-refractivity contribution is 6.07. The van der Waals surface area contributed by atoms with Gasteiger partial charge in [0, 0.05) is 20.1 Å². The monoisotopic (exact) mass is 414 g/mol. The first kappa shape index (κ1) is 21.7. The molecular weight excluding hydrogens is 384 g/mol. The second-order valence-corrected chi connectivity index (χ2v) is 7.37. The summed E-state index contributed by atoms with van der Waals surface area (Å²) in [5, 5.41) is 0. The smallest absolute Gasteiger partial charge is 0.328 e. The van der Waals surface area contributed by atoms with Crippen molar-refractivity contribution in [2.75, 3.05) is 34.4 Å². The SMILES string of the molecule is CCCN1C(=O)C2C(N=C(/C=C/c3ccc(OC)c(OC)c3)N2C)N(CCC)C1=O. The normalized spacial score (nSPS) is 21.4. The van der Waals surface area contributed by atoms with Crippen molar-refractivity contribution in [1.29, 1.82) is 0 Å². The number of fused-ring (bicyclic) bond motifs is 1. The summed E-state index contributed by atoms with van der Waals surface area (Å²) in [5.74, 6) is 1.78. The first-order valence-electron chi connectivity index (χ1n) is 10.3. The van der Waals surface area contributed by atoms with Gasteiger partial charge in [-0.3, -0.25) is 14.6 Å². The van der Waals surface area contributed by atoms with Crippen LogP contribution in [-0.2, 0) is 4.79 Å². The highest BCUT2D eigenvalue weighted by atomic mass is 16.5. The zero-order valence-electron chi connectivity index (χ0n) is 18.3. The van der Waals surface area contributed by atoms with Gasteiger partial charge in [-0.05, 0) is 36.6 Å². The minimum Gasteiger partial charge on any atom is -0.493 e. The van der Waals surface area contributed by atoms with E-state index in [1.54, 1.807) is 19.1 Å². The lowest BCUT2D eigenvalue weighted by atomic mass is 10.1. The summed E-state index contributed by atoms with van der Waals surface area (Å²) in [6.07, 6.45) is 4.82. The van der Waals surface area contributed by atoms with E-state index in [1.807, 2.05) is 56.1 Å². The summed E-state index contributed by atoms with van der Waals surface area (Å²) in [4.78, 5) is 35.6. The molecule has 30 heavy (non-hydrogen) atoms. The fourth-order valence-corrected chi connectivity index (χ4v) is 3.88. The number of amidine groups is 1. The summed E-state index contributed by atoms with van der Waals surface area (Å²) in [7, 11) is 5.04. The van der Waals surface area contributed by atoms with E-state index in [-0.39, 0.29) is 11.9 Å². The standard InChI is InChI=1S/C22H30N4O4/c1-6-12-25-20-19(21(27)26(13-7-2)22(25)28)24(3)18(23-20)11-9-15-8-10-16(29-4)17(14-15)30-5/h8-11,14,19-20H,6-7,12-13H2,1-5H3/b11-9+. The summed E-state index contributed by atoms with van der Waals surface area (Å²) in [5.41, 5.74) is 0.916. The van der Waals surface area contributed by atoms with Crippen molar-refractivity contribution in [3.63, 3.8) is 0 Å². The average molecular weight is 415 g/mol. The number of amides is 3. The van der Waals surface area contributed by atoms with E-state index in [0.717, 1.165) is 18.4 Å². The topological polar surface area (TPSA) is 74.7 Å². The first-order chi connectivity index (χ1) is 14.5. The molecule has 162 valence electrons. The fraction of sp³-hybridized carbons (Fsp3) is 0.500. The molecule has 0 spiro atoms. The number of rotatable bonds is 8. The number of urea groups is 1. The second kappa shape index (κ2) is 9.19. The number of hydrogen-bond acceptors (Lipinski definition) is 6. The summed E-state index contributed by atoms with van der Waals surface area (Å²) < 4.78 is 10.6. The molecule has 1 saturated heterocycles. The van der Waals surface area contributed by atoms with E-state index in [9.17, 15) is 9.59 Å². The minimum atomic E-state index is -0.495. The molecule has 0 radical (unpaired) electrons. The van der Waals surface area contributed by atoms with Crippen LogP contribution in [0.5, 0.6) is 11.5 Å². The lowest BCUT2D eigenvalue weighted by Crippen LogP contribution is -2.65. The molecule has 0 bridgehead atoms. The van der Waals surface area contributed by atoms with Crippen molar-refractivity contribution in [2.45, 2.75) is 38.9 Å². The third-order valence-electron chi connectivity index (χ3n) is 5.38. The molecule has 2 atom stereocenters. The number of methoxy groups -OCH3 is 2. The number of carbonyl (C=O) groups excluding carboxylic acids is 2. The third-order valence-corrected chi connectivity index (χ3v) is 5.38. The molecule has 0 saturated carbocycles. The van der Waals surface area contributed by atoms with Crippen LogP contribution in [0.3, 0.4) is 0 Å². The van der Waals surface area contributed by atoms with Crippen LogP contribution in [0.2, 0.25) is 0 Å². The zero-order valence-corrected chi connectivity index (χ0v) is 18.3. The van der Waals surface area contributed by atoms with Gasteiger partial charge in [0.1, 0.15) is 5.84 Å². The third kappa shape index (κ3) is 3.86. The van der Waals surface area contributed by atoms with Gasteiger partial charge in [-0.25, -0.2) is 9.79 Å². The van der Waals surface area contributed by atoms with Gasteiger partial charge in [0.15, 0.2) is 23.7 Å². The van der Waals surface area contributed by atoms with Crippen molar-refractivity contribution in [3.05, 3.63) is 29.8 Å². The number of nitrogens with zero attached hydrogens (tertiary/aromatic N) is 4. The largest absolute Gasteiger partial charge is 0.493 e. The van der Waals surface area contributed by atoms with Gasteiger partial charge in [-0.2, -0.15) is 0 Å². The number of likely N-dealkylation sites (N-methyl/N-ethyl adjacent to an activating group) is 1. The van der Waals surface area contributed by atoms with E-state index in [1.165, 1.54) is 4.90 Å². The van der Waals surface area contributed by atoms with Gasteiger partial charge in [0.2, 0.25) is 0 Å². The highest BCUT2D eigenvalue weighted by Gasteiger charge is 2.51. The second-order valence-electron chi connectivity index (χ2n) is 7.37. The molecule has 3 rings (SSSR count). The van der Waals surface area contributed by atoms with Crippen LogP contribution >= 0.6 is 0 Å². The van der Waals surface area contributed by atoms with Gasteiger partial charge < -0.3 is 14.4 Å². The van der Waals surface area contributed by atoms with Crippen LogP contribution in [0.1, 0.15) is 32.3 Å². The van der Waals surface area contributed by atoms with Crippen LogP contribution in [-0.4, -0.2) is 79.0 Å². The van der Waals surface area contributed by atoms with E-state index in [2.05, 4.69) is 0 Å². The predicted molar refractivity (Wildman–Crippen MR) is 116 cm³/mol. The Morgan fingerprint density at radius 3 is 2.37 bits per heavy atom. The molecule has 2 aliphatic rings. The minimum absolute atomic E-state index is 0.181. The average Bonchev–Trinajstić information content (AvgIpc) is 3.08. The first-order valence-corrected chi connectivity index (χ1v) is 10.3. The number of benzene rings is 1. The Labute approximate surface area is 177 Å². The number of carbonyl (C=O) groups is 2. The van der Waals surface area contributed by atoms with E-state index in [0.29, 0.717) is 30.4 Å². The van der Waals surface area contributed by atoms with Crippen LogP contribution in [0.25, 0.3) is 6.08 Å². The predicted octanol–water partition coefficient (Wildman–Crippen LogP) is 2.84. The van der Waals surface area contributed by atoms with Crippen molar-refractivity contribution in [3.8, 4) is 11.5 Å². The number of hydrogen-bond donors (Lipinski definition) is 0. The van der Waals surface area contributed by atoms with Crippen LogP contribution in [0, 0.1) is 0 Å². The Hall–Kier alpha value is -3.03. The van der Waals surface area contributed by atoms with Crippen LogP contribution in [0.15, 0.2) is 29.3 Å². The fourth-order valence-electron chi connectivity index (χ4n) is 3.88. The maximum absolute atomic E-state index is 13.1. The molecule has 0 N–H and O–H groups in total. The molecule has 2 heterocycles. The quantitative estimate of drug-likeness (QED) is 0.654. The molecule has 0 aliphatic carbocycles. The van der Waals surface area contributed by atoms with Crippen molar-refractivity contribution < 1.29 is 19.1 Å². The molecule has 8 heteroatoms.